The summed E-state index contributed by atoms with van der Waals surface area (Å²) < 4.78 is 17.8. The van der Waals surface area contributed by atoms with Crippen LogP contribution in [0.2, 0.25) is 0 Å². The van der Waals surface area contributed by atoms with E-state index < -0.39 is 66.6 Å². The average molecular weight is 590 g/mol. The van der Waals surface area contributed by atoms with Crippen LogP contribution in [0, 0.1) is 5.82 Å². The Kier molecular flexibility index (Phi) is 14.3. The van der Waals surface area contributed by atoms with Gasteiger partial charge in [0.1, 0.15) is 17.9 Å². The van der Waals surface area contributed by atoms with E-state index in [1.165, 1.54) is 43.1 Å². The molecule has 0 aliphatic rings. The normalized spacial score (nSPS) is 12.8. The topological polar surface area (TPSA) is 169 Å². The number of carbonyl (C=O) groups is 5. The Labute approximate surface area is 242 Å². The van der Waals surface area contributed by atoms with Gasteiger partial charge in [-0.2, -0.15) is 11.8 Å². The molecule has 0 aliphatic heterocycles. The maximum atomic E-state index is 13.1. The molecule has 0 heterocycles. The van der Waals surface area contributed by atoms with Crippen LogP contribution < -0.4 is 27.0 Å². The summed E-state index contributed by atoms with van der Waals surface area (Å²) in [5.74, 6) is -2.85. The molecule has 0 fully saturated rings. The van der Waals surface area contributed by atoms with Crippen molar-refractivity contribution in [3.63, 3.8) is 0 Å². The monoisotopic (exact) mass is 589 g/mol. The Morgan fingerprint density at radius 1 is 0.829 bits per heavy atom. The summed E-state index contributed by atoms with van der Waals surface area (Å²) in [4.78, 5) is 62.3. The van der Waals surface area contributed by atoms with Crippen LogP contribution in [-0.2, 0) is 41.6 Å². The number of amides is 4. The Balaban J connectivity index is 1.90. The maximum Gasteiger partial charge on any atom is 0.328 e. The summed E-state index contributed by atoms with van der Waals surface area (Å²) in [6.07, 6.45) is 2.51. The number of rotatable bonds is 16. The van der Waals surface area contributed by atoms with E-state index in [0.717, 1.165) is 5.56 Å². The van der Waals surface area contributed by atoms with Crippen molar-refractivity contribution in [2.24, 2.45) is 5.73 Å². The number of esters is 1. The van der Waals surface area contributed by atoms with Crippen LogP contribution in [0.15, 0.2) is 54.6 Å². The van der Waals surface area contributed by atoms with Crippen LogP contribution in [0.5, 0.6) is 0 Å². The zero-order valence-corrected chi connectivity index (χ0v) is 23.8. The number of halogens is 1. The lowest BCUT2D eigenvalue weighted by atomic mass is 10.0. The Bertz CT molecular complexity index is 1170. The number of hydrogen-bond acceptors (Lipinski definition) is 8. The van der Waals surface area contributed by atoms with Gasteiger partial charge in [0, 0.05) is 6.42 Å². The van der Waals surface area contributed by atoms with E-state index in [2.05, 4.69) is 21.3 Å². The molecule has 222 valence electrons. The lowest BCUT2D eigenvalue weighted by molar-refractivity contribution is -0.145. The minimum atomic E-state index is -1.03. The van der Waals surface area contributed by atoms with Gasteiger partial charge in [0.25, 0.3) is 0 Å². The lowest BCUT2D eigenvalue weighted by Gasteiger charge is -2.22. The van der Waals surface area contributed by atoms with Crippen LogP contribution in [0.4, 0.5) is 4.39 Å². The molecule has 0 bridgehead atoms. The first kappa shape index (κ1) is 33.2. The zero-order valence-electron chi connectivity index (χ0n) is 23.0. The molecule has 0 saturated carbocycles. The first-order chi connectivity index (χ1) is 19.6. The number of thioether (sulfide) groups is 1. The van der Waals surface area contributed by atoms with Crippen LogP contribution in [0.1, 0.15) is 17.5 Å². The Hall–Kier alpha value is -3.97. The van der Waals surface area contributed by atoms with Crippen LogP contribution in [0.25, 0.3) is 0 Å². The molecule has 11 nitrogen and oxygen atoms in total. The number of benzene rings is 2. The molecule has 0 saturated heterocycles. The third-order valence-corrected chi connectivity index (χ3v) is 6.57. The van der Waals surface area contributed by atoms with Crippen molar-refractivity contribution in [2.45, 2.75) is 37.4 Å². The van der Waals surface area contributed by atoms with Gasteiger partial charge >= 0.3 is 5.97 Å². The van der Waals surface area contributed by atoms with Gasteiger partial charge < -0.3 is 31.7 Å². The van der Waals surface area contributed by atoms with E-state index in [-0.39, 0.29) is 12.8 Å². The zero-order chi connectivity index (χ0) is 30.2. The number of ether oxygens (including phenoxy) is 1. The predicted octanol–water partition coefficient (Wildman–Crippen LogP) is 0.0663. The second kappa shape index (κ2) is 17.7. The molecule has 41 heavy (non-hydrogen) atoms. The third kappa shape index (κ3) is 12.4. The summed E-state index contributed by atoms with van der Waals surface area (Å²) in [7, 11) is 1.23. The highest BCUT2D eigenvalue weighted by atomic mass is 32.2. The summed E-state index contributed by atoms with van der Waals surface area (Å²) in [5, 5.41) is 10.0. The van der Waals surface area contributed by atoms with Crippen molar-refractivity contribution in [3.8, 4) is 0 Å². The average Bonchev–Trinajstić information content (AvgIpc) is 2.97. The highest BCUT2D eigenvalue weighted by Gasteiger charge is 2.27. The van der Waals surface area contributed by atoms with Gasteiger partial charge in [0.15, 0.2) is 0 Å². The van der Waals surface area contributed by atoms with Gasteiger partial charge in [-0.25, -0.2) is 9.18 Å². The third-order valence-electron chi connectivity index (χ3n) is 5.92. The fourth-order valence-electron chi connectivity index (χ4n) is 3.71. The molecule has 0 spiro atoms. The lowest BCUT2D eigenvalue weighted by Crippen LogP contribution is -2.54. The first-order valence-corrected chi connectivity index (χ1v) is 14.3. The number of carbonyl (C=O) groups excluding carboxylic acids is 5. The molecule has 6 N–H and O–H groups in total. The fraction of sp³-hybridized carbons (Fsp3) is 0.393. The second-order valence-electron chi connectivity index (χ2n) is 9.11. The molecular formula is C28H36FN5O6S. The smallest absolute Gasteiger partial charge is 0.328 e. The highest BCUT2D eigenvalue weighted by molar-refractivity contribution is 7.98. The van der Waals surface area contributed by atoms with E-state index in [0.29, 0.717) is 17.7 Å². The molecule has 13 heteroatoms. The van der Waals surface area contributed by atoms with Crippen molar-refractivity contribution < 1.29 is 33.1 Å². The number of nitrogens with one attached hydrogen (secondary N) is 4. The molecule has 1 unspecified atom stereocenters. The number of nitrogens with two attached hydrogens (primary N) is 1. The van der Waals surface area contributed by atoms with E-state index in [4.69, 9.17) is 10.5 Å². The van der Waals surface area contributed by atoms with Crippen LogP contribution in [-0.4, -0.2) is 79.9 Å². The predicted molar refractivity (Wildman–Crippen MR) is 153 cm³/mol. The Morgan fingerprint density at radius 2 is 1.46 bits per heavy atom. The molecule has 0 aliphatic carbocycles. The van der Waals surface area contributed by atoms with E-state index in [1.54, 1.807) is 24.3 Å². The van der Waals surface area contributed by atoms with Crippen LogP contribution in [0.3, 0.4) is 0 Å². The highest BCUT2D eigenvalue weighted by Crippen LogP contribution is 2.07. The van der Waals surface area contributed by atoms with Crippen molar-refractivity contribution in [2.75, 3.05) is 32.2 Å². The second-order valence-corrected chi connectivity index (χ2v) is 10.1. The molecule has 3 atom stereocenters. The van der Waals surface area contributed by atoms with Gasteiger partial charge in [0.05, 0.1) is 26.2 Å². The van der Waals surface area contributed by atoms with Crippen molar-refractivity contribution >= 4 is 41.4 Å². The Morgan fingerprint density at radius 3 is 2.10 bits per heavy atom. The maximum absolute atomic E-state index is 13.1. The first-order valence-electron chi connectivity index (χ1n) is 12.9. The molecule has 0 aromatic heterocycles. The fourth-order valence-corrected chi connectivity index (χ4v) is 4.18. The van der Waals surface area contributed by atoms with Gasteiger partial charge in [-0.1, -0.05) is 42.5 Å². The molecule has 2 aromatic rings. The van der Waals surface area contributed by atoms with Crippen LogP contribution >= 0.6 is 11.8 Å². The van der Waals surface area contributed by atoms with E-state index >= 15 is 0 Å². The van der Waals surface area contributed by atoms with Gasteiger partial charge in [-0.05, 0) is 48.1 Å². The molecule has 0 radical (unpaired) electrons. The number of methoxy groups -OCH3 is 1. The standard InChI is InChI=1S/C28H36FN5O6S/c1-40-28(39)22(12-13-41-2)34-27(38)23(15-18-6-4-3-5-7-18)33-25(36)17-31-24(35)16-32-26(37)21(30)14-19-8-10-20(29)11-9-19/h3-11,21-23H,12-17,30H2,1-2H3,(H,31,35)(H,32,37)(H,33,36)(H,34,38)/t21-,22?,23-/m1/s1. The quantitative estimate of drug-likeness (QED) is 0.171. The summed E-state index contributed by atoms with van der Waals surface area (Å²) in [6, 6.07) is 11.7. The van der Waals surface area contributed by atoms with Gasteiger partial charge in [-0.3, -0.25) is 19.2 Å². The van der Waals surface area contributed by atoms with Crippen molar-refractivity contribution in [1.29, 1.82) is 0 Å². The summed E-state index contributed by atoms with van der Waals surface area (Å²) in [6.45, 7) is -0.880. The largest absolute Gasteiger partial charge is 0.467 e. The van der Waals surface area contributed by atoms with E-state index in [1.807, 2.05) is 12.3 Å². The number of hydrogen-bond donors (Lipinski definition) is 5. The van der Waals surface area contributed by atoms with Gasteiger partial charge in [-0.15, -0.1) is 0 Å². The molecule has 2 rings (SSSR count). The molecule has 2 aromatic carbocycles. The molecule has 4 amide bonds. The SMILES string of the molecule is COC(=O)C(CCSC)NC(=O)[C@@H](Cc1ccccc1)NC(=O)CNC(=O)CNC(=O)[C@H](N)Cc1ccc(F)cc1. The van der Waals surface area contributed by atoms with Crippen molar-refractivity contribution in [3.05, 3.63) is 71.5 Å². The minimum Gasteiger partial charge on any atom is -0.467 e. The van der Waals surface area contributed by atoms with Gasteiger partial charge in [0.2, 0.25) is 23.6 Å². The van der Waals surface area contributed by atoms with Crippen molar-refractivity contribution in [1.82, 2.24) is 21.3 Å². The minimum absolute atomic E-state index is 0.144. The summed E-state index contributed by atoms with van der Waals surface area (Å²) in [5.41, 5.74) is 7.29. The summed E-state index contributed by atoms with van der Waals surface area (Å²) >= 11 is 1.51. The molecular weight excluding hydrogens is 553 g/mol. The van der Waals surface area contributed by atoms with E-state index in [9.17, 15) is 28.4 Å².